The van der Waals surface area contributed by atoms with Crippen molar-refractivity contribution in [2.24, 2.45) is 0 Å². The second kappa shape index (κ2) is 9.14. The number of halogens is 1. The average Bonchev–Trinajstić information content (AvgIpc) is 2.93. The van der Waals surface area contributed by atoms with Crippen LogP contribution in [0.15, 0.2) is 54.6 Å². The zero-order chi connectivity index (χ0) is 19.1. The average molecular weight is 371 g/mol. The Morgan fingerprint density at radius 1 is 0.963 bits per heavy atom. The molecule has 0 radical (unpaired) electrons. The summed E-state index contributed by atoms with van der Waals surface area (Å²) in [5, 5.41) is 1.77. The number of hydrogen-bond donors (Lipinski definition) is 1. The molecule has 0 unspecified atom stereocenters. The maximum atomic E-state index is 13.0. The molecule has 3 rings (SSSR count). The summed E-state index contributed by atoms with van der Waals surface area (Å²) in [6, 6.07) is 14.9. The van der Waals surface area contributed by atoms with Gasteiger partial charge in [-0.15, -0.1) is 0 Å². The monoisotopic (exact) mass is 371 g/mol. The highest BCUT2D eigenvalue weighted by molar-refractivity contribution is 5.93. The van der Waals surface area contributed by atoms with Gasteiger partial charge in [0, 0.05) is 31.7 Å². The predicted octanol–water partition coefficient (Wildman–Crippen LogP) is 2.82. The van der Waals surface area contributed by atoms with Crippen molar-refractivity contribution in [3.8, 4) is 0 Å². The SMILES string of the molecule is O=C(NN1CCCN(C(=O)OCc2ccccc2)CC1)c1ccc(F)cc1. The summed E-state index contributed by atoms with van der Waals surface area (Å²) in [7, 11) is 0. The molecule has 1 N–H and O–H groups in total. The van der Waals surface area contributed by atoms with Crippen molar-refractivity contribution < 1.29 is 18.7 Å². The molecule has 27 heavy (non-hydrogen) atoms. The quantitative estimate of drug-likeness (QED) is 0.898. The van der Waals surface area contributed by atoms with E-state index < -0.39 is 0 Å². The van der Waals surface area contributed by atoms with Crippen molar-refractivity contribution in [3.05, 3.63) is 71.5 Å². The summed E-state index contributed by atoms with van der Waals surface area (Å²) < 4.78 is 18.3. The van der Waals surface area contributed by atoms with E-state index in [4.69, 9.17) is 4.74 Å². The van der Waals surface area contributed by atoms with Crippen molar-refractivity contribution >= 4 is 12.0 Å². The van der Waals surface area contributed by atoms with E-state index in [2.05, 4.69) is 5.43 Å². The number of nitrogens with one attached hydrogen (secondary N) is 1. The van der Waals surface area contributed by atoms with Gasteiger partial charge in [-0.1, -0.05) is 30.3 Å². The summed E-state index contributed by atoms with van der Waals surface area (Å²) in [4.78, 5) is 26.1. The van der Waals surface area contributed by atoms with Gasteiger partial charge in [-0.3, -0.25) is 10.2 Å². The van der Waals surface area contributed by atoms with Gasteiger partial charge >= 0.3 is 6.09 Å². The summed E-state index contributed by atoms with van der Waals surface area (Å²) in [5.41, 5.74) is 4.13. The van der Waals surface area contributed by atoms with Crippen LogP contribution in [0.1, 0.15) is 22.3 Å². The molecule has 1 aliphatic heterocycles. The van der Waals surface area contributed by atoms with E-state index in [-0.39, 0.29) is 24.4 Å². The first kappa shape index (κ1) is 18.8. The summed E-state index contributed by atoms with van der Waals surface area (Å²) in [6.07, 6.45) is 0.356. The lowest BCUT2D eigenvalue weighted by Gasteiger charge is -2.22. The van der Waals surface area contributed by atoms with Crippen LogP contribution in [0, 0.1) is 5.82 Å². The predicted molar refractivity (Wildman–Crippen MR) is 98.3 cm³/mol. The minimum absolute atomic E-state index is 0.237. The van der Waals surface area contributed by atoms with E-state index in [0.717, 1.165) is 5.56 Å². The van der Waals surface area contributed by atoms with Crippen molar-refractivity contribution in [2.75, 3.05) is 26.2 Å². The molecule has 1 heterocycles. The maximum Gasteiger partial charge on any atom is 0.410 e. The molecule has 2 aromatic rings. The Labute approximate surface area is 157 Å². The van der Waals surface area contributed by atoms with Gasteiger partial charge < -0.3 is 9.64 Å². The van der Waals surface area contributed by atoms with Crippen LogP contribution in [0.2, 0.25) is 0 Å². The van der Waals surface area contributed by atoms with Gasteiger partial charge in [-0.2, -0.15) is 0 Å². The van der Waals surface area contributed by atoms with Crippen molar-refractivity contribution in [1.29, 1.82) is 0 Å². The minimum Gasteiger partial charge on any atom is -0.445 e. The van der Waals surface area contributed by atoms with Crippen LogP contribution in [0.3, 0.4) is 0 Å². The van der Waals surface area contributed by atoms with E-state index in [1.165, 1.54) is 24.3 Å². The van der Waals surface area contributed by atoms with Crippen LogP contribution in [0.4, 0.5) is 9.18 Å². The highest BCUT2D eigenvalue weighted by Gasteiger charge is 2.21. The third-order valence-corrected chi connectivity index (χ3v) is 4.33. The summed E-state index contributed by atoms with van der Waals surface area (Å²) in [5.74, 6) is -0.680. The highest BCUT2D eigenvalue weighted by Crippen LogP contribution is 2.08. The molecule has 0 aromatic heterocycles. The molecule has 0 atom stereocenters. The minimum atomic E-state index is -0.383. The number of nitrogens with zero attached hydrogens (tertiary/aromatic N) is 2. The zero-order valence-electron chi connectivity index (χ0n) is 14.9. The van der Waals surface area contributed by atoms with Crippen LogP contribution in [-0.4, -0.2) is 48.1 Å². The van der Waals surface area contributed by atoms with Gasteiger partial charge in [0.2, 0.25) is 0 Å². The van der Waals surface area contributed by atoms with E-state index in [1.807, 2.05) is 30.3 Å². The molecular formula is C20H22FN3O3. The second-order valence-electron chi connectivity index (χ2n) is 6.32. The topological polar surface area (TPSA) is 61.9 Å². The van der Waals surface area contributed by atoms with E-state index in [9.17, 15) is 14.0 Å². The fourth-order valence-corrected chi connectivity index (χ4v) is 2.83. The molecule has 6 nitrogen and oxygen atoms in total. The second-order valence-corrected chi connectivity index (χ2v) is 6.32. The van der Waals surface area contributed by atoms with Crippen molar-refractivity contribution in [3.63, 3.8) is 0 Å². The van der Waals surface area contributed by atoms with Gasteiger partial charge in [-0.25, -0.2) is 14.2 Å². The molecule has 0 spiro atoms. The Kier molecular flexibility index (Phi) is 6.38. The number of rotatable bonds is 4. The number of ether oxygens (including phenoxy) is 1. The van der Waals surface area contributed by atoms with Gasteiger partial charge in [0.15, 0.2) is 0 Å². The van der Waals surface area contributed by atoms with E-state index >= 15 is 0 Å². The molecule has 0 bridgehead atoms. The number of amides is 2. The Balaban J connectivity index is 1.47. The lowest BCUT2D eigenvalue weighted by atomic mass is 10.2. The molecule has 0 saturated carbocycles. The number of carbonyl (C=O) groups is 2. The zero-order valence-corrected chi connectivity index (χ0v) is 14.9. The molecule has 1 fully saturated rings. The highest BCUT2D eigenvalue weighted by atomic mass is 19.1. The molecule has 142 valence electrons. The maximum absolute atomic E-state index is 13.0. The number of hydrazine groups is 1. The van der Waals surface area contributed by atoms with Crippen molar-refractivity contribution in [1.82, 2.24) is 15.3 Å². The Morgan fingerprint density at radius 2 is 1.70 bits per heavy atom. The number of benzene rings is 2. The van der Waals surface area contributed by atoms with Gasteiger partial charge in [-0.05, 0) is 36.2 Å². The van der Waals surface area contributed by atoms with E-state index in [0.29, 0.717) is 38.2 Å². The first-order valence-corrected chi connectivity index (χ1v) is 8.89. The van der Waals surface area contributed by atoms with E-state index in [1.54, 1.807) is 9.91 Å². The third-order valence-electron chi connectivity index (χ3n) is 4.33. The van der Waals surface area contributed by atoms with Crippen molar-refractivity contribution in [2.45, 2.75) is 13.0 Å². The standard InChI is InChI=1S/C20H22FN3O3/c21-18-9-7-17(8-10-18)19(25)22-24-12-4-11-23(13-14-24)20(26)27-15-16-5-2-1-3-6-16/h1-3,5-10H,4,11-15H2,(H,22,25). The van der Waals surface area contributed by atoms with Crippen LogP contribution in [0.5, 0.6) is 0 Å². The Bertz CT molecular complexity index is 768. The summed E-state index contributed by atoms with van der Waals surface area (Å²) in [6.45, 7) is 2.37. The van der Waals surface area contributed by atoms with Crippen LogP contribution in [0.25, 0.3) is 0 Å². The van der Waals surface area contributed by atoms with Gasteiger partial charge in [0.05, 0.1) is 0 Å². The Hall–Kier alpha value is -2.93. The molecule has 7 heteroatoms. The molecule has 2 amide bonds. The first-order valence-electron chi connectivity index (χ1n) is 8.89. The smallest absolute Gasteiger partial charge is 0.410 e. The molecule has 0 aliphatic carbocycles. The Morgan fingerprint density at radius 3 is 2.44 bits per heavy atom. The molecule has 1 aliphatic rings. The fraction of sp³-hybridized carbons (Fsp3) is 0.300. The first-order chi connectivity index (χ1) is 13.1. The normalized spacial score (nSPS) is 15.1. The lowest BCUT2D eigenvalue weighted by Crippen LogP contribution is -2.44. The molecular weight excluding hydrogens is 349 g/mol. The summed E-state index contributed by atoms with van der Waals surface area (Å²) >= 11 is 0. The van der Waals surface area contributed by atoms with Crippen LogP contribution >= 0.6 is 0 Å². The van der Waals surface area contributed by atoms with Crippen LogP contribution < -0.4 is 5.43 Å². The largest absolute Gasteiger partial charge is 0.445 e. The lowest BCUT2D eigenvalue weighted by molar-refractivity contribution is 0.0785. The molecule has 2 aromatic carbocycles. The third kappa shape index (κ3) is 5.52. The fourth-order valence-electron chi connectivity index (χ4n) is 2.83. The van der Waals surface area contributed by atoms with Gasteiger partial charge in [0.1, 0.15) is 12.4 Å². The molecule has 1 saturated heterocycles. The van der Waals surface area contributed by atoms with Gasteiger partial charge in [0.25, 0.3) is 5.91 Å². The number of hydrogen-bond acceptors (Lipinski definition) is 4. The van der Waals surface area contributed by atoms with Crippen LogP contribution in [-0.2, 0) is 11.3 Å². The number of carbonyl (C=O) groups excluding carboxylic acids is 2.